The van der Waals surface area contributed by atoms with Gasteiger partial charge in [0.15, 0.2) is 0 Å². The number of amides is 1. The number of benzene rings is 2. The lowest BCUT2D eigenvalue weighted by molar-refractivity contribution is 0.0989. The van der Waals surface area contributed by atoms with Crippen molar-refractivity contribution < 1.29 is 4.79 Å². The number of halogens is 1. The summed E-state index contributed by atoms with van der Waals surface area (Å²) in [6.45, 7) is 0.665. The first-order valence-electron chi connectivity index (χ1n) is 7.15. The lowest BCUT2D eigenvalue weighted by Crippen LogP contribution is -2.29. The first-order valence-corrected chi connectivity index (χ1v) is 7.53. The van der Waals surface area contributed by atoms with Crippen molar-refractivity contribution in [2.45, 2.75) is 6.42 Å². The number of hydrogen-bond donors (Lipinski definition) is 0. The third kappa shape index (κ3) is 1.91. The number of imidazole rings is 1. The molecule has 1 aromatic heterocycles. The van der Waals surface area contributed by atoms with Crippen LogP contribution in [0, 0.1) is 0 Å². The molecule has 4 rings (SSSR count). The van der Waals surface area contributed by atoms with Gasteiger partial charge in [0, 0.05) is 19.2 Å². The van der Waals surface area contributed by atoms with E-state index < -0.39 is 0 Å². The Morgan fingerprint density at radius 2 is 2.14 bits per heavy atom. The average Bonchev–Trinajstić information content (AvgIpc) is 3.11. The van der Waals surface area contributed by atoms with E-state index in [0.29, 0.717) is 17.1 Å². The van der Waals surface area contributed by atoms with Gasteiger partial charge in [0.2, 0.25) is 0 Å². The molecule has 110 valence electrons. The first kappa shape index (κ1) is 13.3. The summed E-state index contributed by atoms with van der Waals surface area (Å²) >= 11 is 6.28. The van der Waals surface area contributed by atoms with Crippen LogP contribution in [0.25, 0.3) is 11.0 Å². The highest BCUT2D eigenvalue weighted by Crippen LogP contribution is 2.36. The number of hydrogen-bond acceptors (Lipinski definition) is 2. The van der Waals surface area contributed by atoms with Gasteiger partial charge in [-0.3, -0.25) is 4.79 Å². The number of carbonyl (C=O) groups excluding carboxylic acids is 1. The number of rotatable bonds is 1. The van der Waals surface area contributed by atoms with Gasteiger partial charge in [-0.2, -0.15) is 0 Å². The Balaban J connectivity index is 1.76. The van der Waals surface area contributed by atoms with E-state index in [-0.39, 0.29) is 5.91 Å². The second kappa shape index (κ2) is 4.85. The highest BCUT2D eigenvalue weighted by molar-refractivity contribution is 6.34. The van der Waals surface area contributed by atoms with E-state index >= 15 is 0 Å². The smallest absolute Gasteiger partial charge is 0.258 e. The summed E-state index contributed by atoms with van der Waals surface area (Å²) in [6, 6.07) is 11.4. The molecule has 22 heavy (non-hydrogen) atoms. The fourth-order valence-corrected chi connectivity index (χ4v) is 3.33. The molecule has 0 atom stereocenters. The van der Waals surface area contributed by atoms with Crippen LogP contribution < -0.4 is 4.90 Å². The molecule has 0 saturated carbocycles. The molecule has 2 heterocycles. The quantitative estimate of drug-likeness (QED) is 0.690. The number of anilines is 1. The predicted molar refractivity (Wildman–Crippen MR) is 87.5 cm³/mol. The molecule has 3 aromatic rings. The van der Waals surface area contributed by atoms with Gasteiger partial charge in [0.05, 0.1) is 28.1 Å². The molecule has 5 heteroatoms. The summed E-state index contributed by atoms with van der Waals surface area (Å²) in [6.07, 6.45) is 2.59. The van der Waals surface area contributed by atoms with Crippen LogP contribution in [0.2, 0.25) is 5.02 Å². The zero-order chi connectivity index (χ0) is 15.3. The van der Waals surface area contributed by atoms with Crippen LogP contribution in [0.5, 0.6) is 0 Å². The van der Waals surface area contributed by atoms with Crippen molar-refractivity contribution in [1.82, 2.24) is 9.55 Å². The topological polar surface area (TPSA) is 38.1 Å². The molecule has 1 amide bonds. The largest absolute Gasteiger partial charge is 0.334 e. The molecule has 1 aliphatic rings. The minimum absolute atomic E-state index is 0.0283. The average molecular weight is 312 g/mol. The van der Waals surface area contributed by atoms with Gasteiger partial charge in [-0.25, -0.2) is 4.98 Å². The highest BCUT2D eigenvalue weighted by Gasteiger charge is 2.27. The molecule has 0 N–H and O–H groups in total. The minimum Gasteiger partial charge on any atom is -0.334 e. The maximum Gasteiger partial charge on any atom is 0.258 e. The monoisotopic (exact) mass is 311 g/mol. The third-order valence-corrected chi connectivity index (χ3v) is 4.47. The maximum absolute atomic E-state index is 12.8. The van der Waals surface area contributed by atoms with Crippen molar-refractivity contribution in [3.63, 3.8) is 0 Å². The molecular formula is C17H14ClN3O. The fraction of sp³-hybridized carbons (Fsp3) is 0.176. The van der Waals surface area contributed by atoms with Crippen molar-refractivity contribution in [3.05, 3.63) is 58.9 Å². The van der Waals surface area contributed by atoms with Gasteiger partial charge in [-0.05, 0) is 36.2 Å². The van der Waals surface area contributed by atoms with Crippen LogP contribution in [0.1, 0.15) is 15.9 Å². The fourth-order valence-electron chi connectivity index (χ4n) is 3.04. The molecule has 0 fully saturated rings. The zero-order valence-corrected chi connectivity index (χ0v) is 12.8. The van der Waals surface area contributed by atoms with Crippen LogP contribution in [0.4, 0.5) is 5.69 Å². The molecule has 0 unspecified atom stereocenters. The summed E-state index contributed by atoms with van der Waals surface area (Å²) in [5.74, 6) is -0.0283. The molecule has 0 aliphatic carbocycles. The van der Waals surface area contributed by atoms with Gasteiger partial charge in [0.1, 0.15) is 0 Å². The summed E-state index contributed by atoms with van der Waals surface area (Å²) in [5, 5.41) is 0.627. The predicted octanol–water partition coefficient (Wildman–Crippen LogP) is 3.43. The minimum atomic E-state index is -0.0283. The molecular weight excluding hydrogens is 298 g/mol. The Morgan fingerprint density at radius 3 is 3.00 bits per heavy atom. The SMILES string of the molecule is Cn1cnc2cc(C(=O)N3CCc4cccc(Cl)c43)ccc21. The van der Waals surface area contributed by atoms with Crippen LogP contribution in [0.3, 0.4) is 0 Å². The van der Waals surface area contributed by atoms with Crippen LogP contribution in [-0.2, 0) is 13.5 Å². The second-order valence-corrected chi connectivity index (χ2v) is 5.92. The van der Waals surface area contributed by atoms with Gasteiger partial charge in [-0.15, -0.1) is 0 Å². The first-order chi connectivity index (χ1) is 10.6. The van der Waals surface area contributed by atoms with Crippen molar-refractivity contribution in [2.75, 3.05) is 11.4 Å². The van der Waals surface area contributed by atoms with Gasteiger partial charge >= 0.3 is 0 Å². The summed E-state index contributed by atoms with van der Waals surface area (Å²) in [5.41, 5.74) is 4.44. The lowest BCUT2D eigenvalue weighted by Gasteiger charge is -2.18. The molecule has 0 spiro atoms. The van der Waals surface area contributed by atoms with Crippen LogP contribution in [0.15, 0.2) is 42.7 Å². The Labute approximate surface area is 132 Å². The number of aromatic nitrogens is 2. The van der Waals surface area contributed by atoms with Crippen LogP contribution in [-0.4, -0.2) is 22.0 Å². The third-order valence-electron chi connectivity index (χ3n) is 4.16. The second-order valence-electron chi connectivity index (χ2n) is 5.51. The summed E-state index contributed by atoms with van der Waals surface area (Å²) in [4.78, 5) is 18.9. The van der Waals surface area contributed by atoms with Gasteiger partial charge in [0.25, 0.3) is 5.91 Å². The Bertz CT molecular complexity index is 900. The van der Waals surface area contributed by atoms with Crippen LogP contribution >= 0.6 is 11.6 Å². The Hall–Kier alpha value is -2.33. The number of carbonyl (C=O) groups is 1. The number of aryl methyl sites for hydroxylation is 1. The standard InChI is InChI=1S/C17H14ClN3O/c1-20-10-19-14-9-12(5-6-15(14)20)17(22)21-8-7-11-3-2-4-13(18)16(11)21/h2-6,9-10H,7-8H2,1H3. The molecule has 0 bridgehead atoms. The summed E-state index contributed by atoms with van der Waals surface area (Å²) in [7, 11) is 1.94. The van der Waals surface area contributed by atoms with E-state index in [0.717, 1.165) is 28.7 Å². The van der Waals surface area contributed by atoms with E-state index in [9.17, 15) is 4.79 Å². The van der Waals surface area contributed by atoms with Gasteiger partial charge < -0.3 is 9.47 Å². The van der Waals surface area contributed by atoms with Gasteiger partial charge in [-0.1, -0.05) is 23.7 Å². The zero-order valence-electron chi connectivity index (χ0n) is 12.1. The normalized spacial score (nSPS) is 13.6. The van der Waals surface area contributed by atoms with Crippen molar-refractivity contribution >= 4 is 34.2 Å². The van der Waals surface area contributed by atoms with E-state index in [1.165, 1.54) is 0 Å². The van der Waals surface area contributed by atoms with Crippen molar-refractivity contribution in [3.8, 4) is 0 Å². The summed E-state index contributed by atoms with van der Waals surface area (Å²) < 4.78 is 1.94. The molecule has 4 nitrogen and oxygen atoms in total. The number of fused-ring (bicyclic) bond motifs is 2. The van der Waals surface area contributed by atoms with Crippen molar-refractivity contribution in [1.29, 1.82) is 0 Å². The molecule has 0 radical (unpaired) electrons. The maximum atomic E-state index is 12.8. The molecule has 2 aromatic carbocycles. The molecule has 1 aliphatic heterocycles. The van der Waals surface area contributed by atoms with E-state index in [2.05, 4.69) is 4.98 Å². The van der Waals surface area contributed by atoms with E-state index in [1.807, 2.05) is 48.0 Å². The lowest BCUT2D eigenvalue weighted by atomic mass is 10.1. The number of nitrogens with zero attached hydrogens (tertiary/aromatic N) is 3. The van der Waals surface area contributed by atoms with E-state index in [1.54, 1.807) is 11.2 Å². The van der Waals surface area contributed by atoms with Crippen molar-refractivity contribution in [2.24, 2.45) is 7.05 Å². The molecule has 0 saturated heterocycles. The Kier molecular flexibility index (Phi) is 2.94. The number of para-hydroxylation sites is 1. The highest BCUT2D eigenvalue weighted by atomic mass is 35.5. The Morgan fingerprint density at radius 1 is 1.27 bits per heavy atom. The van der Waals surface area contributed by atoms with E-state index in [4.69, 9.17) is 11.6 Å².